The van der Waals surface area contributed by atoms with E-state index in [2.05, 4.69) is 0 Å². The SMILES string of the molecule is COc1c(C2(C(=O)O)CC2)cc(C)c(C)c1OC. The summed E-state index contributed by atoms with van der Waals surface area (Å²) in [5.74, 6) is 0.409. The molecule has 0 saturated heterocycles. The molecule has 0 aliphatic heterocycles. The van der Waals surface area contributed by atoms with E-state index in [0.29, 0.717) is 24.3 Å². The number of hydrogen-bond donors (Lipinski definition) is 1. The van der Waals surface area contributed by atoms with Gasteiger partial charge in [-0.3, -0.25) is 4.79 Å². The standard InChI is InChI=1S/C14H18O4/c1-8-7-10(14(5-6-14)13(15)16)12(18-4)11(17-3)9(8)2/h7H,5-6H2,1-4H3,(H,15,16). The van der Waals surface area contributed by atoms with Crippen molar-refractivity contribution in [2.75, 3.05) is 14.2 Å². The molecule has 2 rings (SSSR count). The molecule has 18 heavy (non-hydrogen) atoms. The van der Waals surface area contributed by atoms with Crippen LogP contribution in [-0.4, -0.2) is 25.3 Å². The molecule has 0 atom stereocenters. The van der Waals surface area contributed by atoms with Crippen molar-refractivity contribution < 1.29 is 19.4 Å². The molecular weight excluding hydrogens is 232 g/mol. The van der Waals surface area contributed by atoms with Gasteiger partial charge in [-0.15, -0.1) is 0 Å². The molecular formula is C14H18O4. The molecule has 0 spiro atoms. The summed E-state index contributed by atoms with van der Waals surface area (Å²) in [6, 6.07) is 1.91. The average Bonchev–Trinajstić information content (AvgIpc) is 3.13. The molecule has 0 aromatic heterocycles. The number of benzene rings is 1. The lowest BCUT2D eigenvalue weighted by Crippen LogP contribution is -2.21. The molecule has 0 unspecified atom stereocenters. The molecule has 1 aliphatic rings. The van der Waals surface area contributed by atoms with E-state index in [4.69, 9.17) is 9.47 Å². The third-order valence-corrected chi connectivity index (χ3v) is 3.83. The second kappa shape index (κ2) is 4.19. The van der Waals surface area contributed by atoms with Crippen molar-refractivity contribution in [3.8, 4) is 11.5 Å². The summed E-state index contributed by atoms with van der Waals surface area (Å²) in [5.41, 5.74) is 1.96. The highest BCUT2D eigenvalue weighted by molar-refractivity contribution is 5.86. The summed E-state index contributed by atoms with van der Waals surface area (Å²) in [4.78, 5) is 11.5. The van der Waals surface area contributed by atoms with E-state index < -0.39 is 11.4 Å². The van der Waals surface area contributed by atoms with Crippen molar-refractivity contribution in [1.82, 2.24) is 0 Å². The van der Waals surface area contributed by atoms with Crippen molar-refractivity contribution >= 4 is 5.97 Å². The van der Waals surface area contributed by atoms with Gasteiger partial charge in [0, 0.05) is 5.56 Å². The third kappa shape index (κ3) is 1.64. The van der Waals surface area contributed by atoms with Crippen LogP contribution < -0.4 is 9.47 Å². The first-order valence-electron chi connectivity index (χ1n) is 5.94. The topological polar surface area (TPSA) is 55.8 Å². The second-order valence-electron chi connectivity index (χ2n) is 4.82. The predicted molar refractivity (Wildman–Crippen MR) is 67.6 cm³/mol. The lowest BCUT2D eigenvalue weighted by molar-refractivity contribution is -0.140. The van der Waals surface area contributed by atoms with Gasteiger partial charge < -0.3 is 14.6 Å². The van der Waals surface area contributed by atoms with E-state index in [9.17, 15) is 9.90 Å². The van der Waals surface area contributed by atoms with Crippen LogP contribution in [0.3, 0.4) is 0 Å². The molecule has 1 N–H and O–H groups in total. The van der Waals surface area contributed by atoms with Gasteiger partial charge in [-0.2, -0.15) is 0 Å². The van der Waals surface area contributed by atoms with Crippen LogP contribution in [-0.2, 0) is 10.2 Å². The Hall–Kier alpha value is -1.71. The maximum Gasteiger partial charge on any atom is 0.314 e. The highest BCUT2D eigenvalue weighted by atomic mass is 16.5. The molecule has 98 valence electrons. The van der Waals surface area contributed by atoms with Gasteiger partial charge in [0.25, 0.3) is 0 Å². The molecule has 1 fully saturated rings. The maximum absolute atomic E-state index is 11.5. The zero-order valence-electron chi connectivity index (χ0n) is 11.2. The fourth-order valence-corrected chi connectivity index (χ4v) is 2.39. The van der Waals surface area contributed by atoms with Gasteiger partial charge >= 0.3 is 5.97 Å². The summed E-state index contributed by atoms with van der Waals surface area (Å²) >= 11 is 0. The van der Waals surface area contributed by atoms with Crippen molar-refractivity contribution in [2.24, 2.45) is 0 Å². The Morgan fingerprint density at radius 3 is 2.17 bits per heavy atom. The first kappa shape index (κ1) is 12.7. The normalized spacial score (nSPS) is 16.2. The van der Waals surface area contributed by atoms with Crippen molar-refractivity contribution in [1.29, 1.82) is 0 Å². The zero-order valence-corrected chi connectivity index (χ0v) is 11.2. The number of aliphatic carboxylic acids is 1. The lowest BCUT2D eigenvalue weighted by Gasteiger charge is -2.20. The van der Waals surface area contributed by atoms with E-state index in [0.717, 1.165) is 16.7 Å². The molecule has 1 aromatic rings. The van der Waals surface area contributed by atoms with Gasteiger partial charge in [0.15, 0.2) is 11.5 Å². The highest BCUT2D eigenvalue weighted by Gasteiger charge is 2.54. The van der Waals surface area contributed by atoms with Crippen molar-refractivity contribution in [3.63, 3.8) is 0 Å². The van der Waals surface area contributed by atoms with Crippen LogP contribution in [0.5, 0.6) is 11.5 Å². The summed E-state index contributed by atoms with van der Waals surface area (Å²) in [6.07, 6.45) is 1.31. The molecule has 1 saturated carbocycles. The molecule has 4 heteroatoms. The van der Waals surface area contributed by atoms with E-state index in [1.807, 2.05) is 19.9 Å². The van der Waals surface area contributed by atoms with Crippen LogP contribution in [0.2, 0.25) is 0 Å². The fourth-order valence-electron chi connectivity index (χ4n) is 2.39. The largest absolute Gasteiger partial charge is 0.493 e. The quantitative estimate of drug-likeness (QED) is 0.891. The summed E-state index contributed by atoms with van der Waals surface area (Å²) < 4.78 is 10.8. The number of carbonyl (C=O) groups is 1. The molecule has 0 bridgehead atoms. The van der Waals surface area contributed by atoms with E-state index in [1.165, 1.54) is 0 Å². The summed E-state index contributed by atoms with van der Waals surface area (Å²) in [5, 5.41) is 9.40. The number of hydrogen-bond acceptors (Lipinski definition) is 3. The Morgan fingerprint density at radius 2 is 1.78 bits per heavy atom. The molecule has 0 amide bonds. The monoisotopic (exact) mass is 250 g/mol. The smallest absolute Gasteiger partial charge is 0.314 e. The van der Waals surface area contributed by atoms with Crippen LogP contribution >= 0.6 is 0 Å². The minimum atomic E-state index is -0.786. The van der Waals surface area contributed by atoms with E-state index >= 15 is 0 Å². The first-order chi connectivity index (χ1) is 8.47. The number of ether oxygens (including phenoxy) is 2. The lowest BCUT2D eigenvalue weighted by atomic mass is 9.91. The number of carboxylic acid groups (broad SMARTS) is 1. The number of rotatable bonds is 4. The molecule has 4 nitrogen and oxygen atoms in total. The van der Waals surface area contributed by atoms with Crippen LogP contribution in [0.15, 0.2) is 6.07 Å². The van der Waals surface area contributed by atoms with Gasteiger partial charge in [0.2, 0.25) is 0 Å². The molecule has 1 aromatic carbocycles. The Bertz CT molecular complexity index is 501. The fraction of sp³-hybridized carbons (Fsp3) is 0.500. The minimum Gasteiger partial charge on any atom is -0.493 e. The Labute approximate surface area is 107 Å². The number of methoxy groups -OCH3 is 2. The minimum absolute atomic E-state index is 0.556. The second-order valence-corrected chi connectivity index (χ2v) is 4.82. The third-order valence-electron chi connectivity index (χ3n) is 3.83. The van der Waals surface area contributed by atoms with Gasteiger partial charge in [0.05, 0.1) is 19.6 Å². The molecule has 1 aliphatic carbocycles. The molecule has 0 radical (unpaired) electrons. The van der Waals surface area contributed by atoms with Crippen LogP contribution in [0, 0.1) is 13.8 Å². The Balaban J connectivity index is 2.68. The number of carboxylic acids is 1. The van der Waals surface area contributed by atoms with Crippen LogP contribution in [0.25, 0.3) is 0 Å². The first-order valence-corrected chi connectivity index (χ1v) is 5.94. The van der Waals surface area contributed by atoms with Crippen LogP contribution in [0.4, 0.5) is 0 Å². The van der Waals surface area contributed by atoms with Gasteiger partial charge in [-0.25, -0.2) is 0 Å². The maximum atomic E-state index is 11.5. The zero-order chi connectivity index (χ0) is 13.5. The van der Waals surface area contributed by atoms with Crippen LogP contribution in [0.1, 0.15) is 29.5 Å². The highest BCUT2D eigenvalue weighted by Crippen LogP contribution is 2.54. The van der Waals surface area contributed by atoms with Crippen molar-refractivity contribution in [2.45, 2.75) is 32.1 Å². The summed E-state index contributed by atoms with van der Waals surface area (Å²) in [6.45, 7) is 3.90. The van der Waals surface area contributed by atoms with E-state index in [1.54, 1.807) is 14.2 Å². The average molecular weight is 250 g/mol. The molecule has 0 heterocycles. The van der Waals surface area contributed by atoms with Crippen molar-refractivity contribution in [3.05, 3.63) is 22.8 Å². The Morgan fingerprint density at radius 1 is 1.22 bits per heavy atom. The van der Waals surface area contributed by atoms with Gasteiger partial charge in [-0.05, 0) is 37.8 Å². The van der Waals surface area contributed by atoms with E-state index in [-0.39, 0.29) is 0 Å². The number of aryl methyl sites for hydroxylation is 1. The van der Waals surface area contributed by atoms with Gasteiger partial charge in [-0.1, -0.05) is 6.07 Å². The summed E-state index contributed by atoms with van der Waals surface area (Å²) in [7, 11) is 3.13. The van der Waals surface area contributed by atoms with Gasteiger partial charge in [0.1, 0.15) is 0 Å². The predicted octanol–water partition coefficient (Wildman–Crippen LogP) is 2.44. The Kier molecular flexibility index (Phi) is 2.97.